The lowest BCUT2D eigenvalue weighted by atomic mass is 10.0. The van der Waals surface area contributed by atoms with Crippen molar-refractivity contribution in [1.82, 2.24) is 19.7 Å². The first-order chi connectivity index (χ1) is 10.2. The third kappa shape index (κ3) is 3.91. The van der Waals surface area contributed by atoms with Crippen LogP contribution in [0.3, 0.4) is 0 Å². The number of aromatic nitrogens is 3. The van der Waals surface area contributed by atoms with Crippen molar-refractivity contribution < 1.29 is 4.74 Å². The topological polar surface area (TPSA) is 43.2 Å². The zero-order valence-electron chi connectivity index (χ0n) is 12.5. The maximum atomic E-state index is 6.35. The monoisotopic (exact) mass is 342 g/mol. The standard InChI is InChI=1S/C15H19ClN4O.ClH/c1-19-6-4-12-13(5-7-19)15(3-2-14(12)16)21-9-8-20-11-17-10-18-20;/h2-3,10-11H,4-9H2,1H3;1H. The molecule has 5 nitrogen and oxygen atoms in total. The largest absolute Gasteiger partial charge is 0.491 e. The molecule has 7 heteroatoms. The van der Waals surface area contributed by atoms with Crippen molar-refractivity contribution in [1.29, 1.82) is 0 Å². The van der Waals surface area contributed by atoms with Gasteiger partial charge in [-0.05, 0) is 37.6 Å². The summed E-state index contributed by atoms with van der Waals surface area (Å²) in [5.41, 5.74) is 2.49. The van der Waals surface area contributed by atoms with Gasteiger partial charge in [0.15, 0.2) is 0 Å². The summed E-state index contributed by atoms with van der Waals surface area (Å²) in [5, 5.41) is 4.92. The molecule has 1 aromatic carbocycles. The Morgan fingerprint density at radius 1 is 1.23 bits per heavy atom. The molecule has 0 atom stereocenters. The second-order valence-electron chi connectivity index (χ2n) is 5.31. The van der Waals surface area contributed by atoms with Crippen LogP contribution in [0, 0.1) is 0 Å². The Hall–Kier alpha value is -1.30. The van der Waals surface area contributed by atoms with E-state index < -0.39 is 0 Å². The zero-order valence-corrected chi connectivity index (χ0v) is 14.1. The summed E-state index contributed by atoms with van der Waals surface area (Å²) in [6.07, 6.45) is 5.18. The summed E-state index contributed by atoms with van der Waals surface area (Å²) in [7, 11) is 2.14. The van der Waals surface area contributed by atoms with E-state index in [0.29, 0.717) is 13.2 Å². The summed E-state index contributed by atoms with van der Waals surface area (Å²) in [5.74, 6) is 0.949. The molecule has 2 heterocycles. The van der Waals surface area contributed by atoms with Crippen molar-refractivity contribution in [2.24, 2.45) is 0 Å². The first kappa shape index (κ1) is 17.1. The van der Waals surface area contributed by atoms with Gasteiger partial charge >= 0.3 is 0 Å². The van der Waals surface area contributed by atoms with Crippen LogP contribution in [-0.4, -0.2) is 46.4 Å². The number of fused-ring (bicyclic) bond motifs is 1. The fourth-order valence-corrected chi connectivity index (χ4v) is 2.91. The summed E-state index contributed by atoms with van der Waals surface area (Å²) in [6.45, 7) is 3.34. The van der Waals surface area contributed by atoms with Crippen LogP contribution in [0.25, 0.3) is 0 Å². The van der Waals surface area contributed by atoms with Crippen LogP contribution in [0.2, 0.25) is 5.02 Å². The van der Waals surface area contributed by atoms with E-state index in [1.165, 1.54) is 17.5 Å². The molecule has 0 aliphatic carbocycles. The van der Waals surface area contributed by atoms with Gasteiger partial charge in [-0.2, -0.15) is 5.10 Å². The molecular weight excluding hydrogens is 323 g/mol. The van der Waals surface area contributed by atoms with Crippen LogP contribution < -0.4 is 4.74 Å². The minimum atomic E-state index is 0. The first-order valence-electron chi connectivity index (χ1n) is 7.18. The summed E-state index contributed by atoms with van der Waals surface area (Å²) in [4.78, 5) is 6.25. The minimum Gasteiger partial charge on any atom is -0.491 e. The molecular formula is C15H20Cl2N4O. The van der Waals surface area contributed by atoms with Crippen LogP contribution in [0.15, 0.2) is 24.8 Å². The first-order valence-corrected chi connectivity index (χ1v) is 7.56. The van der Waals surface area contributed by atoms with Gasteiger partial charge in [0.2, 0.25) is 0 Å². The molecule has 0 fully saturated rings. The molecule has 0 radical (unpaired) electrons. The third-order valence-electron chi connectivity index (χ3n) is 3.86. The predicted octanol–water partition coefficient (Wildman–Crippen LogP) is 2.46. The van der Waals surface area contributed by atoms with E-state index in [4.69, 9.17) is 16.3 Å². The highest BCUT2D eigenvalue weighted by Gasteiger charge is 2.18. The van der Waals surface area contributed by atoms with Gasteiger partial charge in [0, 0.05) is 23.7 Å². The summed E-state index contributed by atoms with van der Waals surface area (Å²) >= 11 is 6.35. The van der Waals surface area contributed by atoms with E-state index in [0.717, 1.165) is 36.7 Å². The quantitative estimate of drug-likeness (QED) is 0.855. The molecule has 1 aliphatic rings. The van der Waals surface area contributed by atoms with Crippen LogP contribution in [0.4, 0.5) is 0 Å². The Bertz CT molecular complexity index is 604. The molecule has 0 amide bonds. The van der Waals surface area contributed by atoms with Crippen LogP contribution >= 0.6 is 24.0 Å². The van der Waals surface area contributed by atoms with E-state index in [-0.39, 0.29) is 12.4 Å². The van der Waals surface area contributed by atoms with Crippen molar-refractivity contribution in [3.05, 3.63) is 40.9 Å². The number of rotatable bonds is 4. The second kappa shape index (κ2) is 7.81. The van der Waals surface area contributed by atoms with Gasteiger partial charge < -0.3 is 9.64 Å². The molecule has 0 saturated heterocycles. The van der Waals surface area contributed by atoms with Gasteiger partial charge in [0.05, 0.1) is 6.54 Å². The minimum absolute atomic E-state index is 0. The highest BCUT2D eigenvalue weighted by Crippen LogP contribution is 2.31. The van der Waals surface area contributed by atoms with Gasteiger partial charge in [-0.3, -0.25) is 0 Å². The number of likely N-dealkylation sites (N-methyl/N-ethyl adjacent to an activating group) is 1. The molecule has 3 rings (SSSR count). The maximum absolute atomic E-state index is 6.35. The van der Waals surface area contributed by atoms with E-state index >= 15 is 0 Å². The highest BCUT2D eigenvalue weighted by atomic mass is 35.5. The van der Waals surface area contributed by atoms with E-state index in [9.17, 15) is 0 Å². The number of hydrogen-bond donors (Lipinski definition) is 0. The molecule has 0 unspecified atom stereocenters. The van der Waals surface area contributed by atoms with E-state index in [1.54, 1.807) is 11.0 Å². The molecule has 0 saturated carbocycles. The molecule has 1 aliphatic heterocycles. The fourth-order valence-electron chi connectivity index (χ4n) is 2.64. The Labute approximate surface area is 141 Å². The molecule has 22 heavy (non-hydrogen) atoms. The average Bonchev–Trinajstić information content (AvgIpc) is 2.91. The fraction of sp³-hybridized carbons (Fsp3) is 0.467. The molecule has 0 N–H and O–H groups in total. The molecule has 1 aromatic heterocycles. The van der Waals surface area contributed by atoms with Crippen molar-refractivity contribution in [3.8, 4) is 5.75 Å². The van der Waals surface area contributed by atoms with Crippen molar-refractivity contribution in [2.45, 2.75) is 19.4 Å². The second-order valence-corrected chi connectivity index (χ2v) is 5.72. The highest BCUT2D eigenvalue weighted by molar-refractivity contribution is 6.31. The number of hydrogen-bond acceptors (Lipinski definition) is 4. The molecule has 120 valence electrons. The number of ether oxygens (including phenoxy) is 1. The van der Waals surface area contributed by atoms with E-state index in [1.807, 2.05) is 12.1 Å². The number of nitrogens with zero attached hydrogens (tertiary/aromatic N) is 4. The van der Waals surface area contributed by atoms with Crippen molar-refractivity contribution in [3.63, 3.8) is 0 Å². The third-order valence-corrected chi connectivity index (χ3v) is 4.22. The van der Waals surface area contributed by atoms with Crippen LogP contribution in [0.1, 0.15) is 11.1 Å². The van der Waals surface area contributed by atoms with Gasteiger partial charge in [-0.25, -0.2) is 9.67 Å². The maximum Gasteiger partial charge on any atom is 0.137 e. The van der Waals surface area contributed by atoms with Gasteiger partial charge in [-0.1, -0.05) is 11.6 Å². The van der Waals surface area contributed by atoms with Gasteiger partial charge in [-0.15, -0.1) is 12.4 Å². The van der Waals surface area contributed by atoms with Gasteiger partial charge in [0.1, 0.15) is 25.0 Å². The predicted molar refractivity (Wildman–Crippen MR) is 89.1 cm³/mol. The van der Waals surface area contributed by atoms with Crippen molar-refractivity contribution in [2.75, 3.05) is 26.7 Å². The Morgan fingerprint density at radius 3 is 2.73 bits per heavy atom. The van der Waals surface area contributed by atoms with Gasteiger partial charge in [0.25, 0.3) is 0 Å². The van der Waals surface area contributed by atoms with E-state index in [2.05, 4.69) is 22.0 Å². The normalized spacial score (nSPS) is 14.8. The Balaban J connectivity index is 0.00000176. The molecule has 2 aromatic rings. The lowest BCUT2D eigenvalue weighted by Gasteiger charge is -2.15. The van der Waals surface area contributed by atoms with Crippen LogP contribution in [-0.2, 0) is 19.4 Å². The average molecular weight is 343 g/mol. The SMILES string of the molecule is CN1CCc2c(Cl)ccc(OCCn3cncn3)c2CC1.Cl. The zero-order chi connectivity index (χ0) is 14.7. The number of benzene rings is 1. The molecule has 0 bridgehead atoms. The summed E-state index contributed by atoms with van der Waals surface area (Å²) < 4.78 is 7.72. The Morgan fingerprint density at radius 2 is 2.00 bits per heavy atom. The smallest absolute Gasteiger partial charge is 0.137 e. The Kier molecular flexibility index (Phi) is 6.06. The molecule has 0 spiro atoms. The lowest BCUT2D eigenvalue weighted by molar-refractivity contribution is 0.287. The number of halogens is 2. The van der Waals surface area contributed by atoms with Crippen LogP contribution in [0.5, 0.6) is 5.75 Å². The van der Waals surface area contributed by atoms with Crippen molar-refractivity contribution >= 4 is 24.0 Å². The summed E-state index contributed by atoms with van der Waals surface area (Å²) in [6, 6.07) is 3.92. The lowest BCUT2D eigenvalue weighted by Crippen LogP contribution is -2.20.